The Morgan fingerprint density at radius 3 is 2.48 bits per heavy atom. The minimum atomic E-state index is -0.293. The first kappa shape index (κ1) is 26.9. The molecule has 3 saturated carbocycles. The highest BCUT2D eigenvalue weighted by molar-refractivity contribution is 5.94. The van der Waals surface area contributed by atoms with Gasteiger partial charge in [-0.15, -0.1) is 0 Å². The molecular weight excluding hydrogens is 504 g/mol. The lowest BCUT2D eigenvalue weighted by molar-refractivity contribution is -0.124. The van der Waals surface area contributed by atoms with Gasteiger partial charge in [-0.1, -0.05) is 0 Å². The van der Waals surface area contributed by atoms with Crippen LogP contribution < -0.4 is 9.64 Å². The Balaban J connectivity index is 1.19. The van der Waals surface area contributed by atoms with Gasteiger partial charge in [0.2, 0.25) is 11.8 Å². The summed E-state index contributed by atoms with van der Waals surface area (Å²) in [7, 11) is 1.66. The molecule has 0 unspecified atom stereocenters. The Labute approximate surface area is 236 Å². The molecule has 8 heteroatoms. The van der Waals surface area contributed by atoms with E-state index < -0.39 is 0 Å². The summed E-state index contributed by atoms with van der Waals surface area (Å²) in [5.41, 5.74) is 4.06. The van der Waals surface area contributed by atoms with Crippen LogP contribution >= 0.6 is 0 Å². The molecule has 0 radical (unpaired) electrons. The summed E-state index contributed by atoms with van der Waals surface area (Å²) >= 11 is 0. The summed E-state index contributed by atoms with van der Waals surface area (Å²) in [5, 5.41) is 10.0. The summed E-state index contributed by atoms with van der Waals surface area (Å²) in [4.78, 5) is 29.8. The highest BCUT2D eigenvalue weighted by Crippen LogP contribution is 2.41. The van der Waals surface area contributed by atoms with E-state index >= 15 is 0 Å². The fourth-order valence-electron chi connectivity index (χ4n) is 6.46. The van der Waals surface area contributed by atoms with Crippen molar-refractivity contribution in [2.24, 2.45) is 11.8 Å². The first-order valence-electron chi connectivity index (χ1n) is 14.9. The molecule has 40 heavy (non-hydrogen) atoms. The van der Waals surface area contributed by atoms with Crippen molar-refractivity contribution in [2.75, 3.05) is 18.6 Å². The van der Waals surface area contributed by atoms with Crippen LogP contribution in [0.15, 0.2) is 41.3 Å². The number of hydrogen-bond acceptors (Lipinski definition) is 7. The van der Waals surface area contributed by atoms with Gasteiger partial charge in [-0.3, -0.25) is 9.69 Å². The van der Waals surface area contributed by atoms with Crippen molar-refractivity contribution in [1.29, 1.82) is 0 Å². The number of ether oxygens (including phenoxy) is 1. The summed E-state index contributed by atoms with van der Waals surface area (Å²) < 4.78 is 11.1. The fourth-order valence-corrected chi connectivity index (χ4v) is 6.46. The van der Waals surface area contributed by atoms with Gasteiger partial charge in [0, 0.05) is 41.9 Å². The van der Waals surface area contributed by atoms with Crippen LogP contribution in [0.4, 0.5) is 5.82 Å². The van der Waals surface area contributed by atoms with Gasteiger partial charge in [0.05, 0.1) is 13.2 Å². The minimum absolute atomic E-state index is 0.0768. The van der Waals surface area contributed by atoms with Gasteiger partial charge in [0.15, 0.2) is 5.89 Å². The maximum absolute atomic E-state index is 14.0. The lowest BCUT2D eigenvalue weighted by Gasteiger charge is -2.35. The highest BCUT2D eigenvalue weighted by Gasteiger charge is 2.33. The molecule has 0 bridgehead atoms. The van der Waals surface area contributed by atoms with Crippen LogP contribution in [0.5, 0.6) is 5.88 Å². The third kappa shape index (κ3) is 5.92. The zero-order valence-corrected chi connectivity index (χ0v) is 23.6. The summed E-state index contributed by atoms with van der Waals surface area (Å²) in [6.07, 6.45) is 14.5. The van der Waals surface area contributed by atoms with Gasteiger partial charge in [-0.05, 0) is 107 Å². The van der Waals surface area contributed by atoms with E-state index in [9.17, 15) is 9.90 Å². The van der Waals surface area contributed by atoms with Gasteiger partial charge < -0.3 is 14.3 Å². The molecule has 0 atom stereocenters. The lowest BCUT2D eigenvalue weighted by Crippen LogP contribution is -2.42. The molecule has 3 fully saturated rings. The predicted octanol–water partition coefficient (Wildman–Crippen LogP) is 6.18. The lowest BCUT2D eigenvalue weighted by atomic mass is 9.78. The van der Waals surface area contributed by atoms with Crippen LogP contribution in [0.1, 0.15) is 93.1 Å². The molecule has 0 aromatic carbocycles. The molecule has 3 aromatic heterocycles. The number of aliphatic hydroxyl groups is 1. The number of aliphatic hydroxyl groups excluding tert-OH is 1. The second-order valence-corrected chi connectivity index (χ2v) is 12.0. The van der Waals surface area contributed by atoms with E-state index in [0.717, 1.165) is 74.1 Å². The van der Waals surface area contributed by atoms with Crippen molar-refractivity contribution in [2.45, 2.75) is 89.1 Å². The molecule has 3 heterocycles. The number of methoxy groups -OCH3 is 1. The monoisotopic (exact) mass is 544 g/mol. The first-order chi connectivity index (χ1) is 19.5. The number of aromatic nitrogens is 3. The Hall–Kier alpha value is -3.26. The molecule has 0 spiro atoms. The first-order valence-corrected chi connectivity index (χ1v) is 14.9. The number of amides is 1. The average molecular weight is 545 g/mol. The Morgan fingerprint density at radius 2 is 1.77 bits per heavy atom. The van der Waals surface area contributed by atoms with E-state index in [4.69, 9.17) is 14.1 Å². The number of oxazole rings is 1. The molecular formula is C32H40N4O4. The maximum atomic E-state index is 14.0. The van der Waals surface area contributed by atoms with Crippen molar-refractivity contribution in [3.05, 3.63) is 53.9 Å². The van der Waals surface area contributed by atoms with Crippen LogP contribution in [-0.2, 0) is 4.79 Å². The number of carbonyl (C=O) groups is 1. The van der Waals surface area contributed by atoms with Gasteiger partial charge in [-0.25, -0.2) is 15.0 Å². The van der Waals surface area contributed by atoms with E-state index in [1.54, 1.807) is 19.6 Å². The zero-order valence-electron chi connectivity index (χ0n) is 23.6. The van der Waals surface area contributed by atoms with Crippen LogP contribution in [-0.4, -0.2) is 45.7 Å². The number of rotatable bonds is 8. The molecule has 212 valence electrons. The fraction of sp³-hybridized carbons (Fsp3) is 0.562. The largest absolute Gasteiger partial charge is 0.481 e. The van der Waals surface area contributed by atoms with E-state index in [1.165, 1.54) is 5.56 Å². The second-order valence-electron chi connectivity index (χ2n) is 12.0. The summed E-state index contributed by atoms with van der Waals surface area (Å²) in [5.74, 6) is 3.56. The van der Waals surface area contributed by atoms with Gasteiger partial charge in [0.1, 0.15) is 17.8 Å². The predicted molar refractivity (Wildman–Crippen MR) is 152 cm³/mol. The van der Waals surface area contributed by atoms with E-state index in [0.29, 0.717) is 48.8 Å². The standard InChI is InChI=1S/C32H40N4O4/c1-20-15-26(17-34-30(20)39-2)22-5-3-21(4-6-22)18-36(32(38)24-9-11-27(37)12-10-24)29-16-25(13-14-33-29)28-19-40-31(35-28)23-7-8-23/h13-17,19,21-24,27,37H,3-12,18H2,1-2H3. The van der Waals surface area contributed by atoms with E-state index in [1.807, 2.05) is 30.2 Å². The highest BCUT2D eigenvalue weighted by atomic mass is 16.5. The molecule has 3 aromatic rings. The Morgan fingerprint density at radius 1 is 1.02 bits per heavy atom. The molecule has 0 aliphatic heterocycles. The normalized spacial score (nSPS) is 25.0. The number of pyridine rings is 2. The number of carbonyl (C=O) groups excluding carboxylic acids is 1. The number of hydrogen-bond donors (Lipinski definition) is 1. The van der Waals surface area contributed by atoms with Crippen molar-refractivity contribution in [3.63, 3.8) is 0 Å². The van der Waals surface area contributed by atoms with Gasteiger partial charge in [0.25, 0.3) is 0 Å². The molecule has 1 amide bonds. The third-order valence-electron chi connectivity index (χ3n) is 9.08. The minimum Gasteiger partial charge on any atom is -0.481 e. The average Bonchev–Trinajstić information content (AvgIpc) is 3.72. The Kier molecular flexibility index (Phi) is 7.87. The van der Waals surface area contributed by atoms with Gasteiger partial charge in [-0.2, -0.15) is 0 Å². The summed E-state index contributed by atoms with van der Waals surface area (Å²) in [6.45, 7) is 2.70. The van der Waals surface area contributed by atoms with Gasteiger partial charge >= 0.3 is 0 Å². The van der Waals surface area contributed by atoms with Crippen molar-refractivity contribution in [3.8, 4) is 17.1 Å². The molecule has 8 nitrogen and oxygen atoms in total. The molecule has 3 aliphatic carbocycles. The van der Waals surface area contributed by atoms with E-state index in [2.05, 4.69) is 16.0 Å². The van der Waals surface area contributed by atoms with Crippen LogP contribution in [0.3, 0.4) is 0 Å². The molecule has 0 saturated heterocycles. The Bertz CT molecular complexity index is 1320. The molecule has 6 rings (SSSR count). The summed E-state index contributed by atoms with van der Waals surface area (Å²) in [6, 6.07) is 6.13. The molecule has 1 N–H and O–H groups in total. The van der Waals surface area contributed by atoms with Crippen molar-refractivity contribution < 1.29 is 19.1 Å². The second kappa shape index (κ2) is 11.7. The SMILES string of the molecule is COc1ncc(C2CCC(CN(C(=O)C3CCC(O)CC3)c3cc(-c4coc(C5CC5)n4)ccn3)CC2)cc1C. The van der Waals surface area contributed by atoms with Crippen molar-refractivity contribution in [1.82, 2.24) is 15.0 Å². The van der Waals surface area contributed by atoms with Crippen LogP contribution in [0.25, 0.3) is 11.3 Å². The third-order valence-corrected chi connectivity index (χ3v) is 9.08. The number of nitrogens with zero attached hydrogens (tertiary/aromatic N) is 4. The van der Waals surface area contributed by atoms with E-state index in [-0.39, 0.29) is 17.9 Å². The molecule has 3 aliphatic rings. The number of aryl methyl sites for hydroxylation is 1. The van der Waals surface area contributed by atoms with Crippen molar-refractivity contribution >= 4 is 11.7 Å². The maximum Gasteiger partial charge on any atom is 0.231 e. The van der Waals surface area contributed by atoms with Crippen LogP contribution in [0.2, 0.25) is 0 Å². The zero-order chi connectivity index (χ0) is 27.6. The number of anilines is 1. The smallest absolute Gasteiger partial charge is 0.231 e. The quantitative estimate of drug-likeness (QED) is 0.361. The van der Waals surface area contributed by atoms with Crippen LogP contribution in [0, 0.1) is 18.8 Å². The topological polar surface area (TPSA) is 102 Å².